The summed E-state index contributed by atoms with van der Waals surface area (Å²) in [6.07, 6.45) is 1.66. The molecule has 1 heterocycles. The number of hydrogen-bond acceptors (Lipinski definition) is 7. The molecule has 10 nitrogen and oxygen atoms in total. The highest BCUT2D eigenvalue weighted by Crippen LogP contribution is 2.29. The molecule has 0 saturated carbocycles. The molecule has 0 aliphatic rings. The Morgan fingerprint density at radius 3 is 2.59 bits per heavy atom. The lowest BCUT2D eigenvalue weighted by Crippen LogP contribution is -2.29. The summed E-state index contributed by atoms with van der Waals surface area (Å²) in [7, 11) is 3.17. The minimum Gasteiger partial charge on any atom is -0.495 e. The number of nitro benzene ring substituents is 1. The first-order chi connectivity index (χ1) is 13.6. The summed E-state index contributed by atoms with van der Waals surface area (Å²) in [4.78, 5) is 34.7. The van der Waals surface area contributed by atoms with E-state index in [9.17, 15) is 19.7 Å². The lowest BCUT2D eigenvalue weighted by Gasteiger charge is -2.14. The summed E-state index contributed by atoms with van der Waals surface area (Å²) in [6.45, 7) is 5.08. The van der Waals surface area contributed by atoms with Gasteiger partial charge in [0.25, 0.3) is 11.6 Å². The standard InChI is InChI=1S/C19H22N4O6/c1-11-15(12(2)22(4)21-11)7-9-18(24)29-13(3)19(25)20-16-10-14(23(26)27)6-8-17(16)28-5/h6-10,13H,1-5H3,(H,20,25)/b9-7+/t13-/m0/s1. The third-order valence-electron chi connectivity index (χ3n) is 4.26. The molecule has 2 aromatic rings. The van der Waals surface area contributed by atoms with Gasteiger partial charge in [0.2, 0.25) is 0 Å². The Morgan fingerprint density at radius 1 is 1.34 bits per heavy atom. The summed E-state index contributed by atoms with van der Waals surface area (Å²) in [5.41, 5.74) is 2.33. The zero-order chi connectivity index (χ0) is 21.7. The van der Waals surface area contributed by atoms with E-state index in [1.165, 1.54) is 38.3 Å². The highest BCUT2D eigenvalue weighted by molar-refractivity contribution is 5.97. The number of benzene rings is 1. The molecule has 0 spiro atoms. The molecule has 10 heteroatoms. The maximum absolute atomic E-state index is 12.3. The minimum absolute atomic E-state index is 0.103. The van der Waals surface area contributed by atoms with Crippen LogP contribution in [0, 0.1) is 24.0 Å². The van der Waals surface area contributed by atoms with Gasteiger partial charge in [-0.05, 0) is 32.9 Å². The van der Waals surface area contributed by atoms with Crippen molar-refractivity contribution in [2.45, 2.75) is 26.9 Å². The van der Waals surface area contributed by atoms with E-state index in [1.54, 1.807) is 17.8 Å². The number of rotatable bonds is 7. The SMILES string of the molecule is COc1ccc([N+](=O)[O-])cc1NC(=O)[C@H](C)OC(=O)/C=C/c1c(C)nn(C)c1C. The average molecular weight is 402 g/mol. The number of nitro groups is 1. The van der Waals surface area contributed by atoms with Crippen molar-refractivity contribution in [1.82, 2.24) is 9.78 Å². The zero-order valence-electron chi connectivity index (χ0n) is 16.8. The maximum atomic E-state index is 12.3. The van der Waals surface area contributed by atoms with Crippen LogP contribution in [0.25, 0.3) is 6.08 Å². The van der Waals surface area contributed by atoms with E-state index >= 15 is 0 Å². The van der Waals surface area contributed by atoms with Crippen LogP contribution in [0.15, 0.2) is 24.3 Å². The number of aryl methyl sites for hydroxylation is 2. The largest absolute Gasteiger partial charge is 0.495 e. The molecule has 154 valence electrons. The first-order valence-electron chi connectivity index (χ1n) is 8.66. The number of nitrogens with one attached hydrogen (secondary N) is 1. The van der Waals surface area contributed by atoms with Gasteiger partial charge in [-0.1, -0.05) is 0 Å². The van der Waals surface area contributed by atoms with Crippen molar-refractivity contribution in [2.75, 3.05) is 12.4 Å². The molecule has 29 heavy (non-hydrogen) atoms. The summed E-state index contributed by atoms with van der Waals surface area (Å²) in [5.74, 6) is -1.12. The van der Waals surface area contributed by atoms with Crippen molar-refractivity contribution in [1.29, 1.82) is 0 Å². The van der Waals surface area contributed by atoms with E-state index < -0.39 is 22.9 Å². The molecule has 1 atom stereocenters. The van der Waals surface area contributed by atoms with Crippen LogP contribution < -0.4 is 10.1 Å². The van der Waals surface area contributed by atoms with Crippen LogP contribution in [-0.4, -0.2) is 39.8 Å². The number of esters is 1. The van der Waals surface area contributed by atoms with E-state index in [4.69, 9.17) is 9.47 Å². The second-order valence-corrected chi connectivity index (χ2v) is 6.25. The highest BCUT2D eigenvalue weighted by Gasteiger charge is 2.20. The molecule has 2 rings (SSSR count). The molecular formula is C19H22N4O6. The first-order valence-corrected chi connectivity index (χ1v) is 8.66. The minimum atomic E-state index is -1.13. The molecule has 0 radical (unpaired) electrons. The van der Waals surface area contributed by atoms with Gasteiger partial charge in [0.15, 0.2) is 6.10 Å². The van der Waals surface area contributed by atoms with Gasteiger partial charge in [0, 0.05) is 36.5 Å². The lowest BCUT2D eigenvalue weighted by atomic mass is 10.2. The first kappa shape index (κ1) is 21.6. The highest BCUT2D eigenvalue weighted by atomic mass is 16.6. The van der Waals surface area contributed by atoms with E-state index in [1.807, 2.05) is 13.8 Å². The fraction of sp³-hybridized carbons (Fsp3) is 0.316. The second-order valence-electron chi connectivity index (χ2n) is 6.25. The third kappa shape index (κ3) is 5.18. The molecule has 1 aromatic carbocycles. The maximum Gasteiger partial charge on any atom is 0.331 e. The quantitative estimate of drug-likeness (QED) is 0.326. The lowest BCUT2D eigenvalue weighted by molar-refractivity contribution is -0.384. The van der Waals surface area contributed by atoms with Gasteiger partial charge < -0.3 is 14.8 Å². The van der Waals surface area contributed by atoms with Crippen LogP contribution in [0.5, 0.6) is 5.75 Å². The number of carbonyl (C=O) groups is 2. The van der Waals surface area contributed by atoms with Gasteiger partial charge in [0.05, 0.1) is 23.4 Å². The summed E-state index contributed by atoms with van der Waals surface area (Å²) < 4.78 is 11.9. The van der Waals surface area contributed by atoms with E-state index in [0.717, 1.165) is 17.0 Å². The Balaban J connectivity index is 2.05. The van der Waals surface area contributed by atoms with E-state index in [2.05, 4.69) is 10.4 Å². The van der Waals surface area contributed by atoms with Crippen LogP contribution in [0.1, 0.15) is 23.9 Å². The molecule has 1 amide bonds. The number of hydrogen-bond donors (Lipinski definition) is 1. The van der Waals surface area contributed by atoms with Gasteiger partial charge in [0.1, 0.15) is 5.75 Å². The van der Waals surface area contributed by atoms with Gasteiger partial charge in [-0.3, -0.25) is 19.6 Å². The Kier molecular flexibility index (Phi) is 6.71. The number of non-ortho nitro benzene ring substituents is 1. The van der Waals surface area contributed by atoms with Gasteiger partial charge in [-0.15, -0.1) is 0 Å². The normalized spacial score (nSPS) is 11.9. The molecule has 0 aliphatic heterocycles. The summed E-state index contributed by atoms with van der Waals surface area (Å²) in [6, 6.07) is 3.79. The fourth-order valence-corrected chi connectivity index (χ4v) is 2.59. The number of amides is 1. The second kappa shape index (κ2) is 9.00. The number of ether oxygens (including phenoxy) is 2. The number of anilines is 1. The van der Waals surface area contributed by atoms with Crippen molar-refractivity contribution in [3.05, 3.63) is 51.3 Å². The summed E-state index contributed by atoms with van der Waals surface area (Å²) >= 11 is 0. The van der Waals surface area contributed by atoms with Crippen LogP contribution in [0.4, 0.5) is 11.4 Å². The van der Waals surface area contributed by atoms with Crippen molar-refractivity contribution < 1.29 is 24.0 Å². The monoisotopic (exact) mass is 402 g/mol. The van der Waals surface area contributed by atoms with Crippen molar-refractivity contribution in [3.63, 3.8) is 0 Å². The van der Waals surface area contributed by atoms with Gasteiger partial charge >= 0.3 is 5.97 Å². The average Bonchev–Trinajstić information content (AvgIpc) is 2.91. The third-order valence-corrected chi connectivity index (χ3v) is 4.26. The number of carbonyl (C=O) groups excluding carboxylic acids is 2. The van der Waals surface area contributed by atoms with Crippen LogP contribution in [0.3, 0.4) is 0 Å². The number of methoxy groups -OCH3 is 1. The van der Waals surface area contributed by atoms with Crippen molar-refractivity contribution in [2.24, 2.45) is 7.05 Å². The molecular weight excluding hydrogens is 380 g/mol. The van der Waals surface area contributed by atoms with Gasteiger partial charge in [-0.2, -0.15) is 5.10 Å². The Morgan fingerprint density at radius 2 is 2.03 bits per heavy atom. The number of nitrogens with zero attached hydrogens (tertiary/aromatic N) is 3. The Hall–Kier alpha value is -3.69. The van der Waals surface area contributed by atoms with Gasteiger partial charge in [-0.25, -0.2) is 4.79 Å². The smallest absolute Gasteiger partial charge is 0.331 e. The molecule has 1 N–H and O–H groups in total. The fourth-order valence-electron chi connectivity index (χ4n) is 2.59. The van der Waals surface area contributed by atoms with E-state index in [-0.39, 0.29) is 17.1 Å². The molecule has 0 aliphatic carbocycles. The molecule has 0 saturated heterocycles. The van der Waals surface area contributed by atoms with Crippen molar-refractivity contribution in [3.8, 4) is 5.75 Å². The molecule has 1 aromatic heterocycles. The van der Waals surface area contributed by atoms with E-state index in [0.29, 0.717) is 0 Å². The topological polar surface area (TPSA) is 126 Å². The Labute approximate surface area is 167 Å². The van der Waals surface area contributed by atoms with Crippen LogP contribution in [0.2, 0.25) is 0 Å². The van der Waals surface area contributed by atoms with Crippen LogP contribution >= 0.6 is 0 Å². The predicted octanol–water partition coefficient (Wildman–Crippen LogP) is 2.54. The Bertz CT molecular complexity index is 979. The summed E-state index contributed by atoms with van der Waals surface area (Å²) in [5, 5.41) is 17.6. The predicted molar refractivity (Wildman–Crippen MR) is 106 cm³/mol. The molecule has 0 bridgehead atoms. The van der Waals surface area contributed by atoms with Crippen LogP contribution in [-0.2, 0) is 21.4 Å². The number of aromatic nitrogens is 2. The molecule has 0 unspecified atom stereocenters. The zero-order valence-corrected chi connectivity index (χ0v) is 16.8. The van der Waals surface area contributed by atoms with Crippen molar-refractivity contribution >= 4 is 29.3 Å². The molecule has 0 fully saturated rings.